The van der Waals surface area contributed by atoms with Crippen molar-refractivity contribution in [3.8, 4) is 0 Å². The van der Waals surface area contributed by atoms with Crippen LogP contribution >= 0.6 is 28.3 Å². The van der Waals surface area contributed by atoms with Crippen molar-refractivity contribution in [3.05, 3.63) is 34.3 Å². The third kappa shape index (κ3) is 7.84. The number of amides is 1. The Hall–Kier alpha value is -0.580. The lowest BCUT2D eigenvalue weighted by atomic mass is 9.90. The van der Waals surface area contributed by atoms with Gasteiger partial charge in [0.15, 0.2) is 0 Å². The Morgan fingerprint density at radius 1 is 1.43 bits per heavy atom. The maximum Gasteiger partial charge on any atom is 0.220 e. The molecule has 120 valence electrons. The van der Waals surface area contributed by atoms with E-state index in [-0.39, 0.29) is 23.9 Å². The number of carbonyl (C=O) groups excluding carboxylic acids is 1. The second-order valence-corrected chi connectivity index (χ2v) is 6.96. The van der Waals surface area contributed by atoms with Crippen molar-refractivity contribution in [1.29, 1.82) is 0 Å². The van der Waals surface area contributed by atoms with Gasteiger partial charge in [-0.25, -0.2) is 0 Å². The molecule has 0 aliphatic rings. The number of hydrogen-bond acceptors (Lipinski definition) is 2. The summed E-state index contributed by atoms with van der Waals surface area (Å²) in [6.07, 6.45) is 2.13. The highest BCUT2D eigenvalue weighted by atomic mass is 79.9. The van der Waals surface area contributed by atoms with E-state index in [1.807, 2.05) is 31.2 Å². The molecule has 1 unspecified atom stereocenters. The van der Waals surface area contributed by atoms with Gasteiger partial charge in [-0.2, -0.15) is 0 Å². The Labute approximate surface area is 142 Å². The molecule has 5 heteroatoms. The molecule has 1 aromatic rings. The summed E-state index contributed by atoms with van der Waals surface area (Å²) in [5, 5.41) is 3.08. The van der Waals surface area contributed by atoms with Gasteiger partial charge in [0.1, 0.15) is 0 Å². The van der Waals surface area contributed by atoms with Gasteiger partial charge in [0.05, 0.1) is 0 Å². The summed E-state index contributed by atoms with van der Waals surface area (Å²) in [5.74, 6) is 0.576. The molecule has 1 amide bonds. The summed E-state index contributed by atoms with van der Waals surface area (Å²) >= 11 is 3.44. The smallest absolute Gasteiger partial charge is 0.220 e. The lowest BCUT2D eigenvalue weighted by Gasteiger charge is -2.31. The number of hydrogen-bond donors (Lipinski definition) is 2. The van der Waals surface area contributed by atoms with Crippen LogP contribution in [-0.2, 0) is 11.2 Å². The fraction of sp³-hybridized carbons (Fsp3) is 0.562. The quantitative estimate of drug-likeness (QED) is 0.761. The number of nitrogens with two attached hydrogens (primary N) is 1. The first-order chi connectivity index (χ1) is 9.34. The van der Waals surface area contributed by atoms with Gasteiger partial charge in [-0.3, -0.25) is 4.79 Å². The Bertz CT molecular complexity index is 454. The van der Waals surface area contributed by atoms with Crippen molar-refractivity contribution in [2.45, 2.75) is 45.6 Å². The van der Waals surface area contributed by atoms with E-state index in [0.717, 1.165) is 22.9 Å². The van der Waals surface area contributed by atoms with Crippen LogP contribution in [0.2, 0.25) is 0 Å². The van der Waals surface area contributed by atoms with Crippen molar-refractivity contribution in [2.24, 2.45) is 11.7 Å². The Kier molecular flexibility index (Phi) is 9.18. The molecular weight excluding hydrogens is 352 g/mol. The maximum absolute atomic E-state index is 12.1. The number of nitrogens with one attached hydrogen (secondary N) is 1. The van der Waals surface area contributed by atoms with Crippen LogP contribution in [0.1, 0.15) is 39.2 Å². The molecule has 3 nitrogen and oxygen atoms in total. The standard InChI is InChI=1S/C16H25BrN2O.ClH/c1-12(2)10-16(3,11-18)19-15(20)8-7-13-5-4-6-14(17)9-13;/h4-6,9,12H,7-8,10-11,18H2,1-3H3,(H,19,20);1H. The first-order valence-electron chi connectivity index (χ1n) is 7.10. The third-order valence-electron chi connectivity index (χ3n) is 3.28. The molecule has 1 rings (SSSR count). The lowest BCUT2D eigenvalue weighted by Crippen LogP contribution is -2.52. The topological polar surface area (TPSA) is 55.1 Å². The first kappa shape index (κ1) is 20.4. The second kappa shape index (κ2) is 9.44. The first-order valence-corrected chi connectivity index (χ1v) is 7.89. The second-order valence-electron chi connectivity index (χ2n) is 6.04. The molecule has 0 spiro atoms. The molecule has 0 saturated heterocycles. The molecule has 0 radical (unpaired) electrons. The van der Waals surface area contributed by atoms with Crippen LogP contribution in [-0.4, -0.2) is 18.0 Å². The van der Waals surface area contributed by atoms with Gasteiger partial charge in [-0.15, -0.1) is 12.4 Å². The lowest BCUT2D eigenvalue weighted by molar-refractivity contribution is -0.122. The SMILES string of the molecule is CC(C)CC(C)(CN)NC(=O)CCc1cccc(Br)c1.Cl. The summed E-state index contributed by atoms with van der Waals surface area (Å²) in [7, 11) is 0. The highest BCUT2D eigenvalue weighted by Gasteiger charge is 2.25. The monoisotopic (exact) mass is 376 g/mol. The molecule has 3 N–H and O–H groups in total. The number of benzene rings is 1. The summed E-state index contributed by atoms with van der Waals surface area (Å²) in [5.41, 5.74) is 6.67. The summed E-state index contributed by atoms with van der Waals surface area (Å²) < 4.78 is 1.04. The van der Waals surface area contributed by atoms with Crippen LogP contribution in [0.25, 0.3) is 0 Å². The molecule has 0 saturated carbocycles. The van der Waals surface area contributed by atoms with Gasteiger partial charge < -0.3 is 11.1 Å². The minimum absolute atomic E-state index is 0. The normalized spacial score (nSPS) is 13.4. The molecular formula is C16H26BrClN2O. The zero-order chi connectivity index (χ0) is 15.2. The zero-order valence-electron chi connectivity index (χ0n) is 13.0. The fourth-order valence-electron chi connectivity index (χ4n) is 2.44. The van der Waals surface area contributed by atoms with E-state index >= 15 is 0 Å². The molecule has 1 aromatic carbocycles. The van der Waals surface area contributed by atoms with Gasteiger partial charge in [-0.1, -0.05) is 41.9 Å². The Morgan fingerprint density at radius 3 is 2.62 bits per heavy atom. The fourth-order valence-corrected chi connectivity index (χ4v) is 2.88. The van der Waals surface area contributed by atoms with Crippen LogP contribution in [0.5, 0.6) is 0 Å². The van der Waals surface area contributed by atoms with Crippen LogP contribution < -0.4 is 11.1 Å². The number of carbonyl (C=O) groups is 1. The van der Waals surface area contributed by atoms with Gasteiger partial charge in [0.2, 0.25) is 5.91 Å². The predicted octanol–water partition coefficient (Wildman–Crippen LogP) is 3.68. The molecule has 0 aliphatic heterocycles. The van der Waals surface area contributed by atoms with Gasteiger partial charge >= 0.3 is 0 Å². The van der Waals surface area contributed by atoms with E-state index in [2.05, 4.69) is 35.1 Å². The van der Waals surface area contributed by atoms with Gasteiger partial charge in [-0.05, 0) is 43.4 Å². The molecule has 0 fully saturated rings. The average Bonchev–Trinajstić information content (AvgIpc) is 2.35. The highest BCUT2D eigenvalue weighted by molar-refractivity contribution is 9.10. The third-order valence-corrected chi connectivity index (χ3v) is 3.77. The molecule has 0 heterocycles. The number of rotatable bonds is 7. The minimum Gasteiger partial charge on any atom is -0.350 e. The number of halogens is 2. The summed E-state index contributed by atoms with van der Waals surface area (Å²) in [6, 6.07) is 8.05. The van der Waals surface area contributed by atoms with E-state index in [1.54, 1.807) is 0 Å². The van der Waals surface area contributed by atoms with Gasteiger partial charge in [0, 0.05) is 23.0 Å². The van der Waals surface area contributed by atoms with E-state index < -0.39 is 0 Å². The van der Waals surface area contributed by atoms with Crippen LogP contribution in [0.15, 0.2) is 28.7 Å². The highest BCUT2D eigenvalue weighted by Crippen LogP contribution is 2.16. The minimum atomic E-state index is -0.303. The largest absolute Gasteiger partial charge is 0.350 e. The van der Waals surface area contributed by atoms with Crippen LogP contribution in [0.4, 0.5) is 0 Å². The zero-order valence-corrected chi connectivity index (χ0v) is 15.4. The van der Waals surface area contributed by atoms with Crippen molar-refractivity contribution >= 4 is 34.2 Å². The van der Waals surface area contributed by atoms with Crippen molar-refractivity contribution in [2.75, 3.05) is 6.54 Å². The summed E-state index contributed by atoms with van der Waals surface area (Å²) in [4.78, 5) is 12.1. The van der Waals surface area contributed by atoms with Crippen molar-refractivity contribution < 1.29 is 4.79 Å². The molecule has 0 bridgehead atoms. The summed E-state index contributed by atoms with van der Waals surface area (Å²) in [6.45, 7) is 6.76. The van der Waals surface area contributed by atoms with Crippen molar-refractivity contribution in [1.82, 2.24) is 5.32 Å². The molecule has 1 atom stereocenters. The van der Waals surface area contributed by atoms with E-state index in [4.69, 9.17) is 5.73 Å². The van der Waals surface area contributed by atoms with Gasteiger partial charge in [0.25, 0.3) is 0 Å². The maximum atomic E-state index is 12.1. The van der Waals surface area contributed by atoms with E-state index in [1.165, 1.54) is 0 Å². The Balaban J connectivity index is 0.00000400. The predicted molar refractivity (Wildman–Crippen MR) is 94.8 cm³/mol. The molecule has 0 aromatic heterocycles. The van der Waals surface area contributed by atoms with Crippen molar-refractivity contribution in [3.63, 3.8) is 0 Å². The number of aryl methyl sites for hydroxylation is 1. The Morgan fingerprint density at radius 2 is 2.10 bits per heavy atom. The molecule has 0 aliphatic carbocycles. The van der Waals surface area contributed by atoms with E-state index in [0.29, 0.717) is 18.9 Å². The van der Waals surface area contributed by atoms with Crippen LogP contribution in [0, 0.1) is 5.92 Å². The molecule has 21 heavy (non-hydrogen) atoms. The average molecular weight is 378 g/mol. The van der Waals surface area contributed by atoms with E-state index in [9.17, 15) is 4.79 Å². The van der Waals surface area contributed by atoms with Crippen LogP contribution in [0.3, 0.4) is 0 Å².